The minimum atomic E-state index is -0.127. The van der Waals surface area contributed by atoms with Gasteiger partial charge in [0.05, 0.1) is 6.10 Å². The van der Waals surface area contributed by atoms with Crippen LogP contribution in [0.3, 0.4) is 0 Å². The molecule has 1 aliphatic carbocycles. The first-order valence-electron chi connectivity index (χ1n) is 5.23. The van der Waals surface area contributed by atoms with E-state index < -0.39 is 0 Å². The summed E-state index contributed by atoms with van der Waals surface area (Å²) in [5.41, 5.74) is 3.15. The number of hydrogen-bond donors (Lipinski definition) is 1. The normalized spacial score (nSPS) is 28.4. The molecule has 1 heteroatoms. The van der Waals surface area contributed by atoms with E-state index in [0.29, 0.717) is 5.92 Å². The van der Waals surface area contributed by atoms with Gasteiger partial charge < -0.3 is 5.11 Å². The lowest BCUT2D eigenvalue weighted by atomic mass is 9.68. The molecule has 0 radical (unpaired) electrons. The van der Waals surface area contributed by atoms with Crippen molar-refractivity contribution in [3.8, 4) is 0 Å². The van der Waals surface area contributed by atoms with E-state index in [9.17, 15) is 5.11 Å². The summed E-state index contributed by atoms with van der Waals surface area (Å²) >= 11 is 0. The van der Waals surface area contributed by atoms with E-state index in [0.717, 1.165) is 12.8 Å². The SMILES string of the molecule is CC1=C(C(C)C)C(C)(C)C[C@H](O)C1. The van der Waals surface area contributed by atoms with Crippen LogP contribution in [0.15, 0.2) is 11.1 Å². The standard InChI is InChI=1S/C12H22O/c1-8(2)11-9(3)6-10(13)7-12(11,4)5/h8,10,13H,6-7H2,1-5H3/t10-/m1/s1. The highest BCUT2D eigenvalue weighted by molar-refractivity contribution is 5.25. The maximum atomic E-state index is 9.68. The molecule has 0 bridgehead atoms. The van der Waals surface area contributed by atoms with Crippen molar-refractivity contribution in [2.75, 3.05) is 0 Å². The Morgan fingerprint density at radius 2 is 1.92 bits per heavy atom. The van der Waals surface area contributed by atoms with Crippen LogP contribution in [0.2, 0.25) is 0 Å². The summed E-state index contributed by atoms with van der Waals surface area (Å²) in [6.45, 7) is 11.2. The van der Waals surface area contributed by atoms with E-state index in [4.69, 9.17) is 0 Å². The van der Waals surface area contributed by atoms with Crippen molar-refractivity contribution in [1.29, 1.82) is 0 Å². The van der Waals surface area contributed by atoms with Gasteiger partial charge in [0.1, 0.15) is 0 Å². The molecule has 1 atom stereocenters. The fourth-order valence-electron chi connectivity index (χ4n) is 3.09. The van der Waals surface area contributed by atoms with E-state index >= 15 is 0 Å². The third-order valence-corrected chi connectivity index (χ3v) is 3.05. The third kappa shape index (κ3) is 2.14. The van der Waals surface area contributed by atoms with Gasteiger partial charge >= 0.3 is 0 Å². The van der Waals surface area contributed by atoms with E-state index in [1.165, 1.54) is 5.57 Å². The fraction of sp³-hybridized carbons (Fsp3) is 0.833. The Balaban J connectivity index is 3.04. The van der Waals surface area contributed by atoms with E-state index in [2.05, 4.69) is 34.6 Å². The number of hydrogen-bond acceptors (Lipinski definition) is 1. The molecule has 0 amide bonds. The van der Waals surface area contributed by atoms with Gasteiger partial charge in [-0.15, -0.1) is 0 Å². The first-order chi connectivity index (χ1) is 5.84. The first-order valence-corrected chi connectivity index (χ1v) is 5.23. The monoisotopic (exact) mass is 182 g/mol. The van der Waals surface area contributed by atoms with Gasteiger partial charge in [0.2, 0.25) is 0 Å². The second-order valence-corrected chi connectivity index (χ2v) is 5.29. The average Bonchev–Trinajstić information content (AvgIpc) is 1.78. The molecule has 1 nitrogen and oxygen atoms in total. The quantitative estimate of drug-likeness (QED) is 0.618. The van der Waals surface area contributed by atoms with Crippen molar-refractivity contribution in [3.05, 3.63) is 11.1 Å². The summed E-state index contributed by atoms with van der Waals surface area (Å²) in [5, 5.41) is 9.68. The van der Waals surface area contributed by atoms with Crippen molar-refractivity contribution in [2.24, 2.45) is 11.3 Å². The lowest BCUT2D eigenvalue weighted by Gasteiger charge is -2.39. The molecule has 0 aromatic carbocycles. The third-order valence-electron chi connectivity index (χ3n) is 3.05. The highest BCUT2D eigenvalue weighted by atomic mass is 16.3. The topological polar surface area (TPSA) is 20.2 Å². The van der Waals surface area contributed by atoms with Gasteiger partial charge in [0.15, 0.2) is 0 Å². The van der Waals surface area contributed by atoms with Crippen LogP contribution in [0.1, 0.15) is 47.5 Å². The zero-order chi connectivity index (χ0) is 10.2. The summed E-state index contributed by atoms with van der Waals surface area (Å²) in [4.78, 5) is 0. The van der Waals surface area contributed by atoms with Crippen LogP contribution in [-0.2, 0) is 0 Å². The van der Waals surface area contributed by atoms with Gasteiger partial charge in [-0.2, -0.15) is 0 Å². The highest BCUT2D eigenvalue weighted by Crippen LogP contribution is 2.43. The lowest BCUT2D eigenvalue weighted by molar-refractivity contribution is 0.110. The second kappa shape index (κ2) is 3.45. The molecule has 1 N–H and O–H groups in total. The predicted molar refractivity (Wildman–Crippen MR) is 56.6 cm³/mol. The highest BCUT2D eigenvalue weighted by Gasteiger charge is 2.33. The van der Waals surface area contributed by atoms with Crippen LogP contribution in [-0.4, -0.2) is 11.2 Å². The minimum absolute atomic E-state index is 0.127. The zero-order valence-electron chi connectivity index (χ0n) is 9.52. The van der Waals surface area contributed by atoms with E-state index in [-0.39, 0.29) is 11.5 Å². The van der Waals surface area contributed by atoms with Gasteiger partial charge in [-0.25, -0.2) is 0 Å². The molecule has 0 heterocycles. The fourth-order valence-corrected chi connectivity index (χ4v) is 3.09. The molecule has 0 spiro atoms. The summed E-state index contributed by atoms with van der Waals surface area (Å²) in [7, 11) is 0. The molecule has 0 fully saturated rings. The van der Waals surface area contributed by atoms with Gasteiger partial charge in [-0.3, -0.25) is 0 Å². The molecule has 13 heavy (non-hydrogen) atoms. The molecule has 1 aliphatic rings. The summed E-state index contributed by atoms with van der Waals surface area (Å²) < 4.78 is 0. The van der Waals surface area contributed by atoms with Gasteiger partial charge in [0, 0.05) is 0 Å². The summed E-state index contributed by atoms with van der Waals surface area (Å²) in [6.07, 6.45) is 1.66. The van der Waals surface area contributed by atoms with Crippen molar-refractivity contribution in [2.45, 2.75) is 53.6 Å². The maximum absolute atomic E-state index is 9.68. The molecule has 0 aromatic heterocycles. The molecule has 76 valence electrons. The maximum Gasteiger partial charge on any atom is 0.0585 e. The van der Waals surface area contributed by atoms with Crippen molar-refractivity contribution in [1.82, 2.24) is 0 Å². The van der Waals surface area contributed by atoms with Crippen LogP contribution in [0.4, 0.5) is 0 Å². The van der Waals surface area contributed by atoms with E-state index in [1.54, 1.807) is 5.57 Å². The van der Waals surface area contributed by atoms with Crippen molar-refractivity contribution in [3.63, 3.8) is 0 Å². The summed E-state index contributed by atoms with van der Waals surface area (Å²) in [5.74, 6) is 0.613. The zero-order valence-corrected chi connectivity index (χ0v) is 9.52. The Morgan fingerprint density at radius 1 is 1.38 bits per heavy atom. The molecule has 0 unspecified atom stereocenters. The van der Waals surface area contributed by atoms with Crippen LogP contribution in [0, 0.1) is 11.3 Å². The molecular weight excluding hydrogens is 160 g/mol. The van der Waals surface area contributed by atoms with Crippen molar-refractivity contribution >= 4 is 0 Å². The van der Waals surface area contributed by atoms with Gasteiger partial charge in [-0.1, -0.05) is 38.8 Å². The second-order valence-electron chi connectivity index (χ2n) is 5.29. The number of aliphatic hydroxyl groups excluding tert-OH is 1. The predicted octanol–water partition coefficient (Wildman–Crippen LogP) is 3.14. The number of allylic oxidation sites excluding steroid dienone is 1. The van der Waals surface area contributed by atoms with Gasteiger partial charge in [0.25, 0.3) is 0 Å². The lowest BCUT2D eigenvalue weighted by Crippen LogP contribution is -2.31. The smallest absolute Gasteiger partial charge is 0.0585 e. The van der Waals surface area contributed by atoms with Gasteiger partial charge in [-0.05, 0) is 31.1 Å². The Labute approximate surface area is 81.9 Å². The number of aliphatic hydroxyl groups is 1. The Kier molecular flexibility index (Phi) is 2.86. The first kappa shape index (κ1) is 10.8. The average molecular weight is 182 g/mol. The Morgan fingerprint density at radius 3 is 2.31 bits per heavy atom. The van der Waals surface area contributed by atoms with Crippen LogP contribution in [0.5, 0.6) is 0 Å². The Bertz CT molecular complexity index is 223. The van der Waals surface area contributed by atoms with E-state index in [1.807, 2.05) is 0 Å². The largest absolute Gasteiger partial charge is 0.393 e. The van der Waals surface area contributed by atoms with Crippen LogP contribution < -0.4 is 0 Å². The number of rotatable bonds is 1. The molecule has 0 aliphatic heterocycles. The minimum Gasteiger partial charge on any atom is -0.393 e. The summed E-state index contributed by atoms with van der Waals surface area (Å²) in [6, 6.07) is 0. The Hall–Kier alpha value is -0.300. The van der Waals surface area contributed by atoms with Crippen LogP contribution in [0.25, 0.3) is 0 Å². The molecule has 0 saturated heterocycles. The molecule has 0 saturated carbocycles. The molecule has 1 rings (SSSR count). The van der Waals surface area contributed by atoms with Crippen LogP contribution >= 0.6 is 0 Å². The molecule has 0 aromatic rings. The molecular formula is C12H22O. The van der Waals surface area contributed by atoms with Crippen molar-refractivity contribution < 1.29 is 5.11 Å².